The Hall–Kier alpha value is -3.61. The highest BCUT2D eigenvalue weighted by atomic mass is 16.5. The molecule has 0 unspecified atom stereocenters. The predicted molar refractivity (Wildman–Crippen MR) is 125 cm³/mol. The van der Waals surface area contributed by atoms with Crippen molar-refractivity contribution in [2.75, 3.05) is 45.3 Å². The average Bonchev–Trinajstić information content (AvgIpc) is 2.88. The first kappa shape index (κ1) is 21.6. The van der Waals surface area contributed by atoms with Crippen molar-refractivity contribution in [1.82, 2.24) is 15.1 Å². The van der Waals surface area contributed by atoms with E-state index in [2.05, 4.69) is 46.3 Å². The van der Waals surface area contributed by atoms with Gasteiger partial charge >= 0.3 is 0 Å². The lowest BCUT2D eigenvalue weighted by atomic mass is 10.1. The number of rotatable bonds is 6. The molecule has 0 spiro atoms. The van der Waals surface area contributed by atoms with E-state index in [-0.39, 0.29) is 5.91 Å². The van der Waals surface area contributed by atoms with Crippen molar-refractivity contribution < 1.29 is 14.3 Å². The van der Waals surface area contributed by atoms with Gasteiger partial charge in [-0.3, -0.25) is 4.79 Å². The Labute approximate surface area is 188 Å². The summed E-state index contributed by atoms with van der Waals surface area (Å²) >= 11 is 0. The third-order valence-corrected chi connectivity index (χ3v) is 5.84. The molecule has 166 valence electrons. The average molecular weight is 433 g/mol. The lowest BCUT2D eigenvalue weighted by molar-refractivity contribution is 0.0739. The van der Waals surface area contributed by atoms with E-state index < -0.39 is 0 Å². The van der Waals surface area contributed by atoms with Gasteiger partial charge in [-0.15, -0.1) is 10.2 Å². The molecule has 4 rings (SSSR count). The number of anilines is 1. The molecule has 0 aliphatic carbocycles. The minimum Gasteiger partial charge on any atom is -0.496 e. The van der Waals surface area contributed by atoms with Gasteiger partial charge in [0.15, 0.2) is 5.82 Å². The van der Waals surface area contributed by atoms with Gasteiger partial charge < -0.3 is 19.3 Å². The number of ether oxygens (including phenoxy) is 2. The van der Waals surface area contributed by atoms with Crippen LogP contribution in [0.15, 0.2) is 54.6 Å². The van der Waals surface area contributed by atoms with E-state index in [0.29, 0.717) is 43.2 Å². The largest absolute Gasteiger partial charge is 0.496 e. The first-order valence-corrected chi connectivity index (χ1v) is 10.8. The van der Waals surface area contributed by atoms with Crippen LogP contribution >= 0.6 is 0 Å². The molecule has 1 aromatic heterocycles. The molecular weight excluding hydrogens is 404 g/mol. The third-order valence-electron chi connectivity index (χ3n) is 5.84. The molecule has 0 bridgehead atoms. The van der Waals surface area contributed by atoms with Gasteiger partial charge in [-0.05, 0) is 36.2 Å². The van der Waals surface area contributed by atoms with Crippen molar-refractivity contribution in [1.29, 1.82) is 0 Å². The monoisotopic (exact) mass is 432 g/mol. The van der Waals surface area contributed by atoms with E-state index in [1.807, 2.05) is 23.1 Å². The van der Waals surface area contributed by atoms with Gasteiger partial charge in [-0.1, -0.05) is 37.3 Å². The first-order chi connectivity index (χ1) is 15.6. The Balaban J connectivity index is 1.42. The van der Waals surface area contributed by atoms with Crippen LogP contribution in [0.2, 0.25) is 0 Å². The molecule has 7 heteroatoms. The maximum absolute atomic E-state index is 13.2. The lowest BCUT2D eigenvalue weighted by Crippen LogP contribution is -2.49. The van der Waals surface area contributed by atoms with Crippen molar-refractivity contribution in [3.05, 3.63) is 65.7 Å². The van der Waals surface area contributed by atoms with Gasteiger partial charge in [-0.25, -0.2) is 0 Å². The van der Waals surface area contributed by atoms with Crippen molar-refractivity contribution in [2.24, 2.45) is 0 Å². The van der Waals surface area contributed by atoms with Gasteiger partial charge in [-0.2, -0.15) is 0 Å². The molecule has 1 saturated heterocycles. The third kappa shape index (κ3) is 4.37. The van der Waals surface area contributed by atoms with Crippen molar-refractivity contribution in [2.45, 2.75) is 13.3 Å². The second-order valence-electron chi connectivity index (χ2n) is 7.64. The maximum atomic E-state index is 13.2. The van der Waals surface area contributed by atoms with E-state index in [0.717, 1.165) is 23.5 Å². The Morgan fingerprint density at radius 3 is 2.06 bits per heavy atom. The zero-order valence-corrected chi connectivity index (χ0v) is 18.7. The first-order valence-electron chi connectivity index (χ1n) is 10.8. The number of amides is 1. The lowest BCUT2D eigenvalue weighted by Gasteiger charge is -2.35. The highest BCUT2D eigenvalue weighted by molar-refractivity contribution is 5.99. The van der Waals surface area contributed by atoms with Gasteiger partial charge in [0, 0.05) is 31.7 Å². The van der Waals surface area contributed by atoms with Gasteiger partial charge in [0.05, 0.1) is 19.9 Å². The summed E-state index contributed by atoms with van der Waals surface area (Å²) in [7, 11) is 3.12. The number of methoxy groups -OCH3 is 2. The summed E-state index contributed by atoms with van der Waals surface area (Å²) < 4.78 is 10.8. The minimum atomic E-state index is -0.0871. The van der Waals surface area contributed by atoms with Crippen molar-refractivity contribution in [3.63, 3.8) is 0 Å². The van der Waals surface area contributed by atoms with Crippen LogP contribution in [0, 0.1) is 0 Å². The number of nitrogens with zero attached hydrogens (tertiary/aromatic N) is 4. The van der Waals surface area contributed by atoms with Gasteiger partial charge in [0.25, 0.3) is 5.91 Å². The number of carbonyl (C=O) groups is 1. The van der Waals surface area contributed by atoms with E-state index >= 15 is 0 Å². The molecule has 1 aliphatic heterocycles. The second-order valence-corrected chi connectivity index (χ2v) is 7.64. The molecule has 2 heterocycles. The molecule has 0 radical (unpaired) electrons. The normalized spacial score (nSPS) is 13.7. The fourth-order valence-corrected chi connectivity index (χ4v) is 3.92. The quantitative estimate of drug-likeness (QED) is 0.592. The van der Waals surface area contributed by atoms with Crippen LogP contribution in [-0.2, 0) is 6.42 Å². The maximum Gasteiger partial charge on any atom is 0.261 e. The SMILES string of the molecule is CCc1ccc(-c2ccc(N3CCN(C(=O)c4c(OC)cccc4OC)CC3)nn2)cc1. The zero-order valence-electron chi connectivity index (χ0n) is 18.7. The molecule has 32 heavy (non-hydrogen) atoms. The molecule has 2 aromatic carbocycles. The molecule has 1 amide bonds. The summed E-state index contributed by atoms with van der Waals surface area (Å²) in [6.07, 6.45) is 1.02. The Kier molecular flexibility index (Phi) is 6.54. The number of aromatic nitrogens is 2. The van der Waals surface area contributed by atoms with Crippen LogP contribution in [0.25, 0.3) is 11.3 Å². The summed E-state index contributed by atoms with van der Waals surface area (Å²) in [6, 6.07) is 17.8. The summed E-state index contributed by atoms with van der Waals surface area (Å²) in [4.78, 5) is 17.1. The van der Waals surface area contributed by atoms with Crippen LogP contribution in [0.5, 0.6) is 11.5 Å². The van der Waals surface area contributed by atoms with E-state index in [9.17, 15) is 4.79 Å². The summed E-state index contributed by atoms with van der Waals surface area (Å²) in [6.45, 7) is 4.68. The number of carbonyl (C=O) groups excluding carboxylic acids is 1. The summed E-state index contributed by atoms with van der Waals surface area (Å²) in [5, 5.41) is 8.86. The topological polar surface area (TPSA) is 67.8 Å². The Bertz CT molecular complexity index is 1040. The van der Waals surface area contributed by atoms with E-state index in [1.54, 1.807) is 26.4 Å². The molecule has 7 nitrogen and oxygen atoms in total. The predicted octanol–water partition coefficient (Wildman–Crippen LogP) is 3.69. The standard InChI is InChI=1S/C25H28N4O3/c1-4-18-8-10-19(11-9-18)20-12-13-23(27-26-20)28-14-16-29(17-15-28)25(30)24-21(31-2)6-5-7-22(24)32-3/h5-13H,4,14-17H2,1-3H3. The highest BCUT2D eigenvalue weighted by Gasteiger charge is 2.27. The van der Waals surface area contributed by atoms with Gasteiger partial charge in [0.1, 0.15) is 17.1 Å². The van der Waals surface area contributed by atoms with E-state index in [4.69, 9.17) is 9.47 Å². The number of piperazine rings is 1. The Morgan fingerprint density at radius 1 is 0.875 bits per heavy atom. The molecule has 1 fully saturated rings. The Morgan fingerprint density at radius 2 is 1.53 bits per heavy atom. The van der Waals surface area contributed by atoms with Gasteiger partial charge in [0.2, 0.25) is 0 Å². The van der Waals surface area contributed by atoms with Crippen LogP contribution in [0.1, 0.15) is 22.8 Å². The van der Waals surface area contributed by atoms with Crippen LogP contribution < -0.4 is 14.4 Å². The highest BCUT2D eigenvalue weighted by Crippen LogP contribution is 2.30. The number of hydrogen-bond acceptors (Lipinski definition) is 6. The smallest absolute Gasteiger partial charge is 0.261 e. The van der Waals surface area contributed by atoms with Crippen LogP contribution in [0.3, 0.4) is 0 Å². The number of benzene rings is 2. The molecule has 3 aromatic rings. The number of hydrogen-bond donors (Lipinski definition) is 0. The molecule has 0 atom stereocenters. The van der Waals surface area contributed by atoms with Crippen LogP contribution in [0.4, 0.5) is 5.82 Å². The second kappa shape index (κ2) is 9.68. The zero-order chi connectivity index (χ0) is 22.5. The molecule has 0 N–H and O–H groups in total. The molecule has 1 aliphatic rings. The fraction of sp³-hybridized carbons (Fsp3) is 0.320. The molecular formula is C25H28N4O3. The molecule has 0 saturated carbocycles. The fourth-order valence-electron chi connectivity index (χ4n) is 3.92. The van der Waals surface area contributed by atoms with E-state index in [1.165, 1.54) is 5.56 Å². The van der Waals surface area contributed by atoms with Crippen molar-refractivity contribution in [3.8, 4) is 22.8 Å². The summed E-state index contributed by atoms with van der Waals surface area (Å²) in [5.74, 6) is 1.77. The summed E-state index contributed by atoms with van der Waals surface area (Å²) in [5.41, 5.74) is 3.68. The number of aryl methyl sites for hydroxylation is 1. The van der Waals surface area contributed by atoms with Crippen LogP contribution in [-0.4, -0.2) is 61.4 Å². The minimum absolute atomic E-state index is 0.0871. The van der Waals surface area contributed by atoms with Crippen molar-refractivity contribution >= 4 is 11.7 Å².